The Morgan fingerprint density at radius 2 is 1.77 bits per heavy atom. The molecule has 194 valence electrons. The second kappa shape index (κ2) is 12.6. The minimum Gasteiger partial charge on any atom is -0.389 e. The number of urea groups is 1. The van der Waals surface area contributed by atoms with Gasteiger partial charge in [0.2, 0.25) is 5.91 Å². The third kappa shape index (κ3) is 7.70. The molecule has 3 aliphatic rings. The van der Waals surface area contributed by atoms with Gasteiger partial charge in [-0.05, 0) is 49.8 Å². The lowest BCUT2D eigenvalue weighted by Crippen LogP contribution is -2.58. The van der Waals surface area contributed by atoms with Crippen LogP contribution in [0.4, 0.5) is 10.5 Å². The predicted molar refractivity (Wildman–Crippen MR) is 135 cm³/mol. The number of nitrogens with one attached hydrogen (secondary N) is 2. The molecule has 0 spiro atoms. The summed E-state index contributed by atoms with van der Waals surface area (Å²) in [5.74, 6) is 0.588. The van der Waals surface area contributed by atoms with Crippen LogP contribution >= 0.6 is 23.2 Å². The Labute approximate surface area is 216 Å². The van der Waals surface area contributed by atoms with E-state index in [9.17, 15) is 14.7 Å². The fourth-order valence-corrected chi connectivity index (χ4v) is 5.85. The first kappa shape index (κ1) is 26.5. The second-order valence-electron chi connectivity index (χ2n) is 9.89. The highest BCUT2D eigenvalue weighted by molar-refractivity contribution is 6.35. The molecule has 2 heterocycles. The topological polar surface area (TPSA) is 100 Å². The van der Waals surface area contributed by atoms with Gasteiger partial charge in [0.1, 0.15) is 6.10 Å². The van der Waals surface area contributed by atoms with Crippen molar-refractivity contribution in [1.82, 2.24) is 10.2 Å². The number of halogens is 2. The van der Waals surface area contributed by atoms with Crippen LogP contribution in [0.2, 0.25) is 10.0 Å². The molecule has 3 N–H and O–H groups in total. The molecular weight excluding hydrogens is 493 g/mol. The molecular formula is C25H35Cl2N3O5. The van der Waals surface area contributed by atoms with Crippen LogP contribution in [-0.4, -0.2) is 72.6 Å². The third-order valence-corrected chi connectivity index (χ3v) is 7.52. The lowest BCUT2D eigenvalue weighted by atomic mass is 9.89. The highest BCUT2D eigenvalue weighted by Gasteiger charge is 2.40. The maximum atomic E-state index is 13.2. The third-order valence-electron chi connectivity index (χ3n) is 7.08. The van der Waals surface area contributed by atoms with Crippen LogP contribution in [-0.2, 0) is 14.3 Å². The van der Waals surface area contributed by atoms with E-state index in [-0.39, 0.29) is 49.9 Å². The van der Waals surface area contributed by atoms with Crippen molar-refractivity contribution in [2.45, 2.75) is 75.7 Å². The molecule has 8 nitrogen and oxygen atoms in total. The van der Waals surface area contributed by atoms with Crippen molar-refractivity contribution in [3.8, 4) is 0 Å². The largest absolute Gasteiger partial charge is 0.389 e. The number of hydrogen-bond donors (Lipinski definition) is 3. The van der Waals surface area contributed by atoms with Crippen LogP contribution < -0.4 is 10.6 Å². The molecule has 0 unspecified atom stereocenters. The zero-order valence-electron chi connectivity index (χ0n) is 19.9. The minimum absolute atomic E-state index is 0.00800. The van der Waals surface area contributed by atoms with Crippen molar-refractivity contribution in [3.63, 3.8) is 0 Å². The van der Waals surface area contributed by atoms with Crippen molar-refractivity contribution < 1.29 is 24.2 Å². The summed E-state index contributed by atoms with van der Waals surface area (Å²) in [5, 5.41) is 17.1. The molecule has 3 amide bonds. The molecule has 35 heavy (non-hydrogen) atoms. The SMILES string of the molecule is O=C(C[C@H]1CC[C@@H]2[C@H](COC[C@H](O)CN2C(=O)Nc2cc(Cl)cc(Cl)c2)O1)NCC1CCCCC1. The van der Waals surface area contributed by atoms with Crippen molar-refractivity contribution >= 4 is 40.8 Å². The van der Waals surface area contributed by atoms with Gasteiger partial charge in [0.15, 0.2) is 0 Å². The van der Waals surface area contributed by atoms with Gasteiger partial charge in [0.05, 0.1) is 44.4 Å². The summed E-state index contributed by atoms with van der Waals surface area (Å²) in [7, 11) is 0. The van der Waals surface area contributed by atoms with Gasteiger partial charge < -0.3 is 30.1 Å². The van der Waals surface area contributed by atoms with Gasteiger partial charge in [0.25, 0.3) is 0 Å². The predicted octanol–water partition coefficient (Wildman–Crippen LogP) is 4.22. The van der Waals surface area contributed by atoms with E-state index in [1.807, 2.05) is 0 Å². The van der Waals surface area contributed by atoms with Gasteiger partial charge in [0, 0.05) is 22.3 Å². The Morgan fingerprint density at radius 1 is 1.03 bits per heavy atom. The van der Waals surface area contributed by atoms with Gasteiger partial charge in [-0.25, -0.2) is 4.79 Å². The number of rotatable bonds is 5. The number of fused-ring (bicyclic) bond motifs is 1. The summed E-state index contributed by atoms with van der Waals surface area (Å²) in [6.45, 7) is 1.19. The van der Waals surface area contributed by atoms with Crippen LogP contribution in [0.15, 0.2) is 18.2 Å². The van der Waals surface area contributed by atoms with E-state index in [4.69, 9.17) is 32.7 Å². The molecule has 0 bridgehead atoms. The molecule has 2 saturated heterocycles. The van der Waals surface area contributed by atoms with E-state index in [1.54, 1.807) is 23.1 Å². The van der Waals surface area contributed by atoms with E-state index < -0.39 is 6.10 Å². The number of aliphatic hydroxyl groups excluding tert-OH is 1. The standard InChI is InChI=1S/C25H35Cl2N3O5/c26-17-8-18(27)10-19(9-17)29-25(33)30-13-20(31)14-34-15-23-22(30)7-6-21(35-23)11-24(32)28-12-16-4-2-1-3-5-16/h8-10,16,20-23,31H,1-7,11-15H2,(H,28,32)(H,29,33)/t20-,21-,22-,23+/m1/s1. The molecule has 4 atom stereocenters. The molecule has 1 aromatic rings. The summed E-state index contributed by atoms with van der Waals surface area (Å²) < 4.78 is 11.9. The van der Waals surface area contributed by atoms with Gasteiger partial charge in [-0.3, -0.25) is 4.79 Å². The van der Waals surface area contributed by atoms with Crippen molar-refractivity contribution in [2.75, 3.05) is 31.6 Å². The van der Waals surface area contributed by atoms with Crippen molar-refractivity contribution in [1.29, 1.82) is 0 Å². The summed E-state index contributed by atoms with van der Waals surface area (Å²) in [4.78, 5) is 27.4. The van der Waals surface area contributed by atoms with Gasteiger partial charge >= 0.3 is 6.03 Å². The molecule has 0 aromatic heterocycles. The van der Waals surface area contributed by atoms with E-state index in [0.29, 0.717) is 40.9 Å². The monoisotopic (exact) mass is 527 g/mol. The number of ether oxygens (including phenoxy) is 2. The zero-order valence-corrected chi connectivity index (χ0v) is 21.4. The molecule has 0 radical (unpaired) electrons. The smallest absolute Gasteiger partial charge is 0.322 e. The highest BCUT2D eigenvalue weighted by Crippen LogP contribution is 2.29. The van der Waals surface area contributed by atoms with Gasteiger partial charge in [-0.2, -0.15) is 0 Å². The Bertz CT molecular complexity index is 862. The van der Waals surface area contributed by atoms with Crippen LogP contribution in [0, 0.1) is 5.92 Å². The Kier molecular flexibility index (Phi) is 9.53. The maximum Gasteiger partial charge on any atom is 0.322 e. The Morgan fingerprint density at radius 3 is 2.51 bits per heavy atom. The van der Waals surface area contributed by atoms with Gasteiger partial charge in [-0.1, -0.05) is 42.5 Å². The lowest BCUT2D eigenvalue weighted by molar-refractivity contribution is -0.149. The van der Waals surface area contributed by atoms with Crippen LogP contribution in [0.25, 0.3) is 0 Å². The number of benzene rings is 1. The van der Waals surface area contributed by atoms with E-state index in [2.05, 4.69) is 10.6 Å². The number of aliphatic hydroxyl groups is 1. The average molecular weight is 528 g/mol. The number of anilines is 1. The van der Waals surface area contributed by atoms with Gasteiger partial charge in [-0.15, -0.1) is 0 Å². The van der Waals surface area contributed by atoms with Crippen molar-refractivity contribution in [2.24, 2.45) is 5.92 Å². The Balaban J connectivity index is 1.35. The minimum atomic E-state index is -0.812. The number of β-amino-alcohol motifs (C(OH)–C–C–N with tert-alkyl or cyclic N) is 1. The number of carbonyl (C=O) groups is 2. The van der Waals surface area contributed by atoms with Crippen molar-refractivity contribution in [3.05, 3.63) is 28.2 Å². The average Bonchev–Trinajstić information content (AvgIpc) is 2.80. The molecule has 10 heteroatoms. The molecule has 4 rings (SSSR count). The van der Waals surface area contributed by atoms with Crippen LogP contribution in [0.5, 0.6) is 0 Å². The summed E-state index contributed by atoms with van der Waals surface area (Å²) in [6.07, 6.45) is 6.32. The maximum absolute atomic E-state index is 13.2. The summed E-state index contributed by atoms with van der Waals surface area (Å²) in [6, 6.07) is 4.16. The number of nitrogens with zero attached hydrogens (tertiary/aromatic N) is 1. The fourth-order valence-electron chi connectivity index (χ4n) is 5.32. The van der Waals surface area contributed by atoms with E-state index in [1.165, 1.54) is 32.1 Å². The first-order valence-electron chi connectivity index (χ1n) is 12.6. The fraction of sp³-hybridized carbons (Fsp3) is 0.680. The summed E-state index contributed by atoms with van der Waals surface area (Å²) >= 11 is 12.1. The van der Waals surface area contributed by atoms with Crippen LogP contribution in [0.1, 0.15) is 51.4 Å². The lowest BCUT2D eigenvalue weighted by Gasteiger charge is -2.44. The molecule has 3 fully saturated rings. The van der Waals surface area contributed by atoms with E-state index in [0.717, 1.165) is 6.54 Å². The summed E-state index contributed by atoms with van der Waals surface area (Å²) in [5.41, 5.74) is 0.473. The second-order valence-corrected chi connectivity index (χ2v) is 10.8. The first-order valence-corrected chi connectivity index (χ1v) is 13.3. The number of carbonyl (C=O) groups excluding carboxylic acids is 2. The highest BCUT2D eigenvalue weighted by atomic mass is 35.5. The molecule has 1 aromatic carbocycles. The first-order chi connectivity index (χ1) is 16.9. The molecule has 1 saturated carbocycles. The molecule has 2 aliphatic heterocycles. The van der Waals surface area contributed by atoms with E-state index >= 15 is 0 Å². The number of hydrogen-bond acceptors (Lipinski definition) is 5. The quantitative estimate of drug-likeness (QED) is 0.532. The Hall–Kier alpha value is -1.58. The normalized spacial score (nSPS) is 27.9. The molecule has 1 aliphatic carbocycles. The zero-order chi connectivity index (χ0) is 24.8. The van der Waals surface area contributed by atoms with Crippen LogP contribution in [0.3, 0.4) is 0 Å². The number of amides is 3.